The number of halogens is 4. The van der Waals surface area contributed by atoms with Crippen LogP contribution in [0.25, 0.3) is 0 Å². The highest BCUT2D eigenvalue weighted by atomic mass is 35.5. The number of ether oxygens (including phenoxy) is 1. The van der Waals surface area contributed by atoms with Gasteiger partial charge in [0.15, 0.2) is 5.11 Å². The van der Waals surface area contributed by atoms with Crippen LogP contribution in [0.2, 0.25) is 5.02 Å². The lowest BCUT2D eigenvalue weighted by Gasteiger charge is -2.28. The van der Waals surface area contributed by atoms with E-state index in [2.05, 4.69) is 10.6 Å². The molecule has 0 radical (unpaired) electrons. The summed E-state index contributed by atoms with van der Waals surface area (Å²) in [6.07, 6.45) is -4.56. The van der Waals surface area contributed by atoms with Crippen LogP contribution >= 0.6 is 23.8 Å². The van der Waals surface area contributed by atoms with Crippen molar-refractivity contribution in [1.29, 1.82) is 0 Å². The molecule has 1 saturated heterocycles. The summed E-state index contributed by atoms with van der Waals surface area (Å²) in [6.45, 7) is 1.83. The first-order valence-corrected chi connectivity index (χ1v) is 9.95. The lowest BCUT2D eigenvalue weighted by Crippen LogP contribution is -2.37. The summed E-state index contributed by atoms with van der Waals surface area (Å²) in [4.78, 5) is 25.2. The summed E-state index contributed by atoms with van der Waals surface area (Å²) in [5.74, 6) is -0.734. The van der Waals surface area contributed by atoms with Crippen LogP contribution < -0.4 is 15.5 Å². The Bertz CT molecular complexity index is 1060. The predicted molar refractivity (Wildman–Crippen MR) is 116 cm³/mol. The van der Waals surface area contributed by atoms with Gasteiger partial charge in [-0.3, -0.25) is 20.2 Å². The van der Waals surface area contributed by atoms with Gasteiger partial charge in [-0.05, 0) is 42.5 Å². The van der Waals surface area contributed by atoms with Gasteiger partial charge in [-0.25, -0.2) is 0 Å². The highest BCUT2D eigenvalue weighted by Gasteiger charge is 2.31. The maximum absolute atomic E-state index is 12.7. The average molecular weight is 489 g/mol. The third-order valence-corrected chi connectivity index (χ3v) is 5.07. The number of hydrogen-bond acceptors (Lipinski definition) is 6. The SMILES string of the molecule is O=C(NC(=S)Nc1ccc(C(F)(F)F)cc1Cl)c1ccc(N2CCOCC2)c([N+](=O)[O-])c1. The van der Waals surface area contributed by atoms with Crippen LogP contribution in [0.1, 0.15) is 15.9 Å². The summed E-state index contributed by atoms with van der Waals surface area (Å²) >= 11 is 10.9. The fraction of sp³-hybridized carbons (Fsp3) is 0.263. The molecule has 170 valence electrons. The van der Waals surface area contributed by atoms with Crippen molar-refractivity contribution in [1.82, 2.24) is 5.32 Å². The molecule has 2 aromatic carbocycles. The van der Waals surface area contributed by atoms with Crippen LogP contribution in [-0.4, -0.2) is 42.2 Å². The Morgan fingerprint density at radius 2 is 1.88 bits per heavy atom. The van der Waals surface area contributed by atoms with Crippen molar-refractivity contribution in [2.24, 2.45) is 0 Å². The van der Waals surface area contributed by atoms with E-state index in [0.29, 0.717) is 32.0 Å². The van der Waals surface area contributed by atoms with Gasteiger partial charge in [0.25, 0.3) is 11.6 Å². The molecule has 2 N–H and O–H groups in total. The number of nitrogens with one attached hydrogen (secondary N) is 2. The zero-order valence-electron chi connectivity index (χ0n) is 16.2. The Balaban J connectivity index is 1.72. The third kappa shape index (κ3) is 5.64. The number of rotatable bonds is 4. The molecule has 1 amide bonds. The quantitative estimate of drug-likeness (QED) is 0.377. The molecule has 32 heavy (non-hydrogen) atoms. The Kier molecular flexibility index (Phi) is 7.16. The van der Waals surface area contributed by atoms with Crippen LogP contribution in [0.4, 0.5) is 30.2 Å². The van der Waals surface area contributed by atoms with Crippen LogP contribution in [0.5, 0.6) is 0 Å². The van der Waals surface area contributed by atoms with Gasteiger partial charge >= 0.3 is 6.18 Å². The smallest absolute Gasteiger partial charge is 0.378 e. The number of thiocarbonyl (C=S) groups is 1. The minimum Gasteiger partial charge on any atom is -0.378 e. The van der Waals surface area contributed by atoms with Gasteiger partial charge in [0.1, 0.15) is 5.69 Å². The number of amides is 1. The second kappa shape index (κ2) is 9.67. The van der Waals surface area contributed by atoms with Gasteiger partial charge in [0.2, 0.25) is 0 Å². The third-order valence-electron chi connectivity index (χ3n) is 4.56. The van der Waals surface area contributed by atoms with Gasteiger partial charge in [-0.2, -0.15) is 13.2 Å². The molecule has 0 atom stereocenters. The number of nitro groups is 1. The molecule has 0 unspecified atom stereocenters. The largest absolute Gasteiger partial charge is 0.416 e. The second-order valence-electron chi connectivity index (χ2n) is 6.66. The van der Waals surface area contributed by atoms with Gasteiger partial charge < -0.3 is 15.0 Å². The van der Waals surface area contributed by atoms with Crippen molar-refractivity contribution in [3.63, 3.8) is 0 Å². The van der Waals surface area contributed by atoms with Crippen LogP contribution in [0, 0.1) is 10.1 Å². The minimum atomic E-state index is -4.56. The lowest BCUT2D eigenvalue weighted by molar-refractivity contribution is -0.384. The van der Waals surface area contributed by atoms with Crippen molar-refractivity contribution in [2.45, 2.75) is 6.18 Å². The summed E-state index contributed by atoms with van der Waals surface area (Å²) in [5.41, 5.74) is -0.776. The van der Waals surface area contributed by atoms with Crippen LogP contribution in [0.3, 0.4) is 0 Å². The number of benzene rings is 2. The molecule has 0 aromatic heterocycles. The van der Waals surface area contributed by atoms with Crippen molar-refractivity contribution in [3.05, 3.63) is 62.7 Å². The standard InChI is InChI=1S/C19H16ClF3N4O4S/c20-13-10-12(19(21,22)23)2-3-14(13)24-18(32)25-17(28)11-1-4-15(16(9-11)27(29)30)26-5-7-31-8-6-26/h1-4,9-10H,5-8H2,(H2,24,25,28,32). The number of carbonyl (C=O) groups is 1. The molecule has 3 rings (SSSR count). The highest BCUT2D eigenvalue weighted by Crippen LogP contribution is 2.34. The minimum absolute atomic E-state index is 0.0172. The Morgan fingerprint density at radius 1 is 1.19 bits per heavy atom. The Hall–Kier alpha value is -2.96. The van der Waals surface area contributed by atoms with E-state index < -0.39 is 22.6 Å². The number of anilines is 2. The molecule has 1 aliphatic rings. The summed E-state index contributed by atoms with van der Waals surface area (Å²) < 4.78 is 43.5. The molecular formula is C19H16ClF3N4O4S. The number of nitrogens with zero attached hydrogens (tertiary/aromatic N) is 2. The normalized spacial score (nSPS) is 14.1. The molecule has 0 saturated carbocycles. The number of hydrogen-bond donors (Lipinski definition) is 2. The van der Waals surface area contributed by atoms with Crippen molar-refractivity contribution in [2.75, 3.05) is 36.5 Å². The molecule has 0 spiro atoms. The van der Waals surface area contributed by atoms with E-state index in [9.17, 15) is 28.1 Å². The molecule has 1 heterocycles. The van der Waals surface area contributed by atoms with Crippen LogP contribution in [-0.2, 0) is 10.9 Å². The molecule has 1 aliphatic heterocycles. The molecule has 2 aromatic rings. The van der Waals surface area contributed by atoms with E-state index >= 15 is 0 Å². The van der Waals surface area contributed by atoms with Crippen molar-refractivity contribution in [3.8, 4) is 0 Å². The van der Waals surface area contributed by atoms with Gasteiger partial charge in [0, 0.05) is 24.7 Å². The van der Waals surface area contributed by atoms with E-state index in [1.807, 2.05) is 0 Å². The summed E-state index contributed by atoms with van der Waals surface area (Å²) in [7, 11) is 0. The lowest BCUT2D eigenvalue weighted by atomic mass is 10.1. The number of nitro benzene ring substituents is 1. The Morgan fingerprint density at radius 3 is 2.47 bits per heavy atom. The van der Waals surface area contributed by atoms with Crippen LogP contribution in [0.15, 0.2) is 36.4 Å². The molecule has 13 heteroatoms. The zero-order chi connectivity index (χ0) is 23.5. The maximum atomic E-state index is 12.7. The number of alkyl halides is 3. The van der Waals surface area contributed by atoms with E-state index in [1.54, 1.807) is 4.90 Å². The fourth-order valence-corrected chi connectivity index (χ4v) is 3.43. The molecule has 0 bridgehead atoms. The van der Waals surface area contributed by atoms with E-state index in [1.165, 1.54) is 12.1 Å². The van der Waals surface area contributed by atoms with E-state index in [-0.39, 0.29) is 27.1 Å². The van der Waals surface area contributed by atoms with E-state index in [0.717, 1.165) is 24.3 Å². The first kappa shape index (κ1) is 23.7. The van der Waals surface area contributed by atoms with Gasteiger partial charge in [0.05, 0.1) is 34.4 Å². The maximum Gasteiger partial charge on any atom is 0.416 e. The Labute approximate surface area is 190 Å². The van der Waals surface area contributed by atoms with Crippen molar-refractivity contribution < 1.29 is 27.6 Å². The first-order valence-electron chi connectivity index (χ1n) is 9.16. The molecule has 1 fully saturated rings. The summed E-state index contributed by atoms with van der Waals surface area (Å²) in [5, 5.41) is 15.9. The predicted octanol–water partition coefficient (Wildman–Crippen LogP) is 4.23. The average Bonchev–Trinajstić information content (AvgIpc) is 2.74. The van der Waals surface area contributed by atoms with E-state index in [4.69, 9.17) is 28.6 Å². The van der Waals surface area contributed by atoms with Gasteiger partial charge in [-0.15, -0.1) is 0 Å². The monoisotopic (exact) mass is 488 g/mol. The zero-order valence-corrected chi connectivity index (χ0v) is 17.8. The molecular weight excluding hydrogens is 473 g/mol. The fourth-order valence-electron chi connectivity index (χ4n) is 3.00. The van der Waals surface area contributed by atoms with Gasteiger partial charge in [-0.1, -0.05) is 11.6 Å². The number of morpholine rings is 1. The topological polar surface area (TPSA) is 96.7 Å². The molecule has 0 aliphatic carbocycles. The highest BCUT2D eigenvalue weighted by molar-refractivity contribution is 7.80. The molecule has 8 nitrogen and oxygen atoms in total. The first-order chi connectivity index (χ1) is 15.1. The number of carbonyl (C=O) groups excluding carboxylic acids is 1. The summed E-state index contributed by atoms with van der Waals surface area (Å²) in [6, 6.07) is 6.64. The second-order valence-corrected chi connectivity index (χ2v) is 7.48. The van der Waals surface area contributed by atoms with Crippen molar-refractivity contribution >= 4 is 51.9 Å².